The average Bonchev–Trinajstić information content (AvgIpc) is 2.99. The molecule has 0 atom stereocenters. The first-order chi connectivity index (χ1) is 13.0. The second-order valence-corrected chi connectivity index (χ2v) is 6.94. The van der Waals surface area contributed by atoms with Crippen LogP contribution in [-0.4, -0.2) is 11.0 Å². The maximum absolute atomic E-state index is 12.5. The van der Waals surface area contributed by atoms with Crippen molar-refractivity contribution in [2.24, 2.45) is 0 Å². The van der Waals surface area contributed by atoms with Crippen LogP contribution in [0.1, 0.15) is 21.5 Å². The zero-order valence-electron chi connectivity index (χ0n) is 15.0. The van der Waals surface area contributed by atoms with Crippen molar-refractivity contribution in [1.82, 2.24) is 5.32 Å². The number of nitrogens with one attached hydrogen (secondary N) is 2. The van der Waals surface area contributed by atoms with E-state index < -0.39 is 0 Å². The average molecular weight is 374 g/mol. The molecule has 4 rings (SSSR count). The van der Waals surface area contributed by atoms with Crippen molar-refractivity contribution in [2.45, 2.75) is 13.8 Å². The van der Waals surface area contributed by atoms with E-state index in [0.29, 0.717) is 5.56 Å². The number of benzene rings is 3. The summed E-state index contributed by atoms with van der Waals surface area (Å²) in [6.45, 7) is 3.91. The highest BCUT2D eigenvalue weighted by atomic mass is 32.1. The van der Waals surface area contributed by atoms with Gasteiger partial charge in [0.25, 0.3) is 5.91 Å². The maximum Gasteiger partial charge on any atom is 0.257 e. The van der Waals surface area contributed by atoms with E-state index in [-0.39, 0.29) is 11.0 Å². The number of carbonyl (C=O) groups excluding carboxylic acids is 1. The minimum atomic E-state index is -0.227. The molecule has 0 aliphatic heterocycles. The SMILES string of the molecule is Cc1ccc(C(=O)NC(=S)Nc2ccc3c(c2)oc2ccccc23)c(C)c1. The smallest absolute Gasteiger partial charge is 0.257 e. The van der Waals surface area contributed by atoms with E-state index in [9.17, 15) is 4.79 Å². The van der Waals surface area contributed by atoms with E-state index in [2.05, 4.69) is 10.6 Å². The number of thiocarbonyl (C=S) groups is 1. The number of fused-ring (bicyclic) bond motifs is 3. The first-order valence-electron chi connectivity index (χ1n) is 8.62. The second-order valence-electron chi connectivity index (χ2n) is 6.54. The lowest BCUT2D eigenvalue weighted by atomic mass is 10.1. The minimum absolute atomic E-state index is 0.227. The van der Waals surface area contributed by atoms with Crippen LogP contribution in [-0.2, 0) is 0 Å². The van der Waals surface area contributed by atoms with Crippen LogP contribution in [0.5, 0.6) is 0 Å². The number of aryl methyl sites for hydroxylation is 2. The lowest BCUT2D eigenvalue weighted by Gasteiger charge is -2.11. The van der Waals surface area contributed by atoms with E-state index in [1.165, 1.54) is 0 Å². The summed E-state index contributed by atoms with van der Waals surface area (Å²) in [5.41, 5.74) is 5.01. The molecule has 1 heterocycles. The van der Waals surface area contributed by atoms with Crippen molar-refractivity contribution < 1.29 is 9.21 Å². The van der Waals surface area contributed by atoms with Gasteiger partial charge in [-0.25, -0.2) is 0 Å². The normalized spacial score (nSPS) is 10.9. The van der Waals surface area contributed by atoms with Gasteiger partial charge in [-0.05, 0) is 55.9 Å². The van der Waals surface area contributed by atoms with E-state index in [1.54, 1.807) is 0 Å². The van der Waals surface area contributed by atoms with Crippen LogP contribution < -0.4 is 10.6 Å². The highest BCUT2D eigenvalue weighted by molar-refractivity contribution is 7.80. The van der Waals surface area contributed by atoms with Crippen molar-refractivity contribution in [3.05, 3.63) is 77.4 Å². The molecule has 134 valence electrons. The summed E-state index contributed by atoms with van der Waals surface area (Å²) in [4.78, 5) is 12.5. The minimum Gasteiger partial charge on any atom is -0.456 e. The summed E-state index contributed by atoms with van der Waals surface area (Å²) in [6, 6.07) is 19.4. The van der Waals surface area contributed by atoms with Crippen LogP contribution in [0.3, 0.4) is 0 Å². The third kappa shape index (κ3) is 3.41. The van der Waals surface area contributed by atoms with Crippen molar-refractivity contribution in [3.63, 3.8) is 0 Å². The van der Waals surface area contributed by atoms with Crippen molar-refractivity contribution >= 4 is 50.9 Å². The van der Waals surface area contributed by atoms with E-state index in [1.807, 2.05) is 74.5 Å². The van der Waals surface area contributed by atoms with Gasteiger partial charge in [-0.15, -0.1) is 0 Å². The molecular weight excluding hydrogens is 356 g/mol. The molecule has 0 aliphatic rings. The molecule has 2 N–H and O–H groups in total. The van der Waals surface area contributed by atoms with Gasteiger partial charge in [0, 0.05) is 28.1 Å². The summed E-state index contributed by atoms with van der Waals surface area (Å²) < 4.78 is 5.88. The fourth-order valence-electron chi connectivity index (χ4n) is 3.20. The van der Waals surface area contributed by atoms with E-state index in [4.69, 9.17) is 16.6 Å². The van der Waals surface area contributed by atoms with Crippen LogP contribution in [0.25, 0.3) is 21.9 Å². The Morgan fingerprint density at radius 3 is 2.52 bits per heavy atom. The standard InChI is InChI=1S/C22H18N2O2S/c1-13-7-9-16(14(2)11-13)21(25)24-22(27)23-15-8-10-18-17-5-3-4-6-19(17)26-20(18)12-15/h3-12H,1-2H3,(H2,23,24,25,27). The van der Waals surface area contributed by atoms with E-state index >= 15 is 0 Å². The van der Waals surface area contributed by atoms with Crippen molar-refractivity contribution in [3.8, 4) is 0 Å². The van der Waals surface area contributed by atoms with Crippen molar-refractivity contribution in [1.29, 1.82) is 0 Å². The van der Waals surface area contributed by atoms with Crippen LogP contribution in [0.2, 0.25) is 0 Å². The van der Waals surface area contributed by atoms with Gasteiger partial charge in [-0.1, -0.05) is 35.9 Å². The molecule has 0 saturated heterocycles. The molecule has 4 nitrogen and oxygen atoms in total. The fourth-order valence-corrected chi connectivity index (χ4v) is 3.42. The molecule has 5 heteroatoms. The number of hydrogen-bond acceptors (Lipinski definition) is 3. The Morgan fingerprint density at radius 2 is 1.70 bits per heavy atom. The van der Waals surface area contributed by atoms with E-state index in [0.717, 1.165) is 38.8 Å². The molecule has 0 fully saturated rings. The third-order valence-electron chi connectivity index (χ3n) is 4.49. The molecule has 3 aromatic carbocycles. The second kappa shape index (κ2) is 6.85. The molecule has 1 aromatic heterocycles. The van der Waals surface area contributed by atoms with Crippen LogP contribution >= 0.6 is 12.2 Å². The highest BCUT2D eigenvalue weighted by Crippen LogP contribution is 2.30. The molecule has 0 aliphatic carbocycles. The monoisotopic (exact) mass is 374 g/mol. The summed E-state index contributed by atoms with van der Waals surface area (Å²) in [5, 5.41) is 8.14. The topological polar surface area (TPSA) is 54.3 Å². The largest absolute Gasteiger partial charge is 0.456 e. The summed E-state index contributed by atoms with van der Waals surface area (Å²) in [6.07, 6.45) is 0. The van der Waals surface area contributed by atoms with Gasteiger partial charge < -0.3 is 9.73 Å². The molecule has 0 radical (unpaired) electrons. The number of anilines is 1. The molecule has 4 aromatic rings. The number of carbonyl (C=O) groups is 1. The first-order valence-corrected chi connectivity index (χ1v) is 9.03. The number of para-hydroxylation sites is 1. The molecule has 27 heavy (non-hydrogen) atoms. The molecule has 1 amide bonds. The van der Waals surface area contributed by atoms with Crippen LogP contribution in [0, 0.1) is 13.8 Å². The molecule has 0 bridgehead atoms. The lowest BCUT2D eigenvalue weighted by molar-refractivity contribution is 0.0977. The Bertz CT molecular complexity index is 1190. The lowest BCUT2D eigenvalue weighted by Crippen LogP contribution is -2.34. The number of furan rings is 1. The Kier molecular flexibility index (Phi) is 4.38. The molecule has 0 saturated carbocycles. The summed E-state index contributed by atoms with van der Waals surface area (Å²) >= 11 is 5.29. The van der Waals surface area contributed by atoms with Gasteiger partial charge in [0.1, 0.15) is 11.2 Å². The molecule has 0 unspecified atom stereocenters. The molecular formula is C22H18N2O2S. The predicted molar refractivity (Wildman–Crippen MR) is 113 cm³/mol. The fraction of sp³-hybridized carbons (Fsp3) is 0.0909. The number of amides is 1. The van der Waals surface area contributed by atoms with Crippen LogP contribution in [0.4, 0.5) is 5.69 Å². The maximum atomic E-state index is 12.5. The zero-order chi connectivity index (χ0) is 19.0. The Hall–Kier alpha value is -3.18. The first kappa shape index (κ1) is 17.2. The zero-order valence-corrected chi connectivity index (χ0v) is 15.8. The summed E-state index contributed by atoms with van der Waals surface area (Å²) in [7, 11) is 0. The summed E-state index contributed by atoms with van der Waals surface area (Å²) in [5.74, 6) is -0.227. The van der Waals surface area contributed by atoms with Gasteiger partial charge in [-0.2, -0.15) is 0 Å². The third-order valence-corrected chi connectivity index (χ3v) is 4.69. The number of rotatable bonds is 2. The van der Waals surface area contributed by atoms with Crippen molar-refractivity contribution in [2.75, 3.05) is 5.32 Å². The Labute approximate surface area is 162 Å². The quantitative estimate of drug-likeness (QED) is 0.466. The number of hydrogen-bond donors (Lipinski definition) is 2. The van der Waals surface area contributed by atoms with Gasteiger partial charge in [-0.3, -0.25) is 10.1 Å². The van der Waals surface area contributed by atoms with Gasteiger partial charge in [0.05, 0.1) is 0 Å². The molecule has 0 spiro atoms. The highest BCUT2D eigenvalue weighted by Gasteiger charge is 2.12. The van der Waals surface area contributed by atoms with Gasteiger partial charge >= 0.3 is 0 Å². The van der Waals surface area contributed by atoms with Gasteiger partial charge in [0.15, 0.2) is 5.11 Å². The Morgan fingerprint density at radius 1 is 0.926 bits per heavy atom. The van der Waals surface area contributed by atoms with Gasteiger partial charge in [0.2, 0.25) is 0 Å². The van der Waals surface area contributed by atoms with Crippen LogP contribution in [0.15, 0.2) is 65.1 Å². The Balaban J connectivity index is 1.52. The predicted octanol–water partition coefficient (Wildman–Crippen LogP) is 5.33.